The van der Waals surface area contributed by atoms with Crippen molar-refractivity contribution in [1.82, 2.24) is 9.88 Å². The van der Waals surface area contributed by atoms with Crippen LogP contribution in [0.5, 0.6) is 5.75 Å². The van der Waals surface area contributed by atoms with Crippen LogP contribution in [0, 0.1) is 0 Å². The van der Waals surface area contributed by atoms with Crippen molar-refractivity contribution in [3.8, 4) is 5.75 Å². The molecule has 0 radical (unpaired) electrons. The predicted octanol–water partition coefficient (Wildman–Crippen LogP) is 4.54. The van der Waals surface area contributed by atoms with Gasteiger partial charge in [-0.05, 0) is 76.1 Å². The van der Waals surface area contributed by atoms with Gasteiger partial charge in [0.1, 0.15) is 17.5 Å². The molecule has 0 spiro atoms. The summed E-state index contributed by atoms with van der Waals surface area (Å²) in [5.41, 5.74) is 2.27. The molecule has 1 aromatic carbocycles. The zero-order valence-corrected chi connectivity index (χ0v) is 20.8. The number of unbranched alkanes of at least 4 members (excludes halogenated alkanes) is 1. The molecule has 1 unspecified atom stereocenters. The number of hydrogen-bond acceptors (Lipinski definition) is 6. The van der Waals surface area contributed by atoms with E-state index >= 15 is 0 Å². The Kier molecular flexibility index (Phi) is 9.09. The van der Waals surface area contributed by atoms with E-state index in [2.05, 4.69) is 11.1 Å². The fourth-order valence-corrected chi connectivity index (χ4v) is 4.07. The number of hydrogen-bond donors (Lipinski definition) is 2. The lowest BCUT2D eigenvalue weighted by atomic mass is 9.97. The van der Waals surface area contributed by atoms with E-state index in [1.807, 2.05) is 32.9 Å². The first-order valence-corrected chi connectivity index (χ1v) is 12.2. The number of carboxylic acid groups (broad SMARTS) is 1. The average Bonchev–Trinajstić information content (AvgIpc) is 2.80. The Hall–Kier alpha value is -3.13. The number of carbonyl (C=O) groups excluding carboxylic acids is 1. The Bertz CT molecular complexity index is 989. The third kappa shape index (κ3) is 8.55. The van der Waals surface area contributed by atoms with Gasteiger partial charge in [-0.1, -0.05) is 18.2 Å². The number of ether oxygens (including phenoxy) is 2. The first-order chi connectivity index (χ1) is 16.6. The molecule has 1 aromatic heterocycles. The molecule has 1 amide bonds. The number of aliphatic hydroxyl groups excluding tert-OH is 1. The van der Waals surface area contributed by atoms with Crippen LogP contribution in [-0.4, -0.2) is 57.0 Å². The summed E-state index contributed by atoms with van der Waals surface area (Å²) in [7, 11) is 0. The number of aliphatic carboxylic acids is 1. The summed E-state index contributed by atoms with van der Waals surface area (Å²) in [5.74, 6) is 0.0377. The molecule has 2 atom stereocenters. The van der Waals surface area contributed by atoms with Gasteiger partial charge in [-0.25, -0.2) is 4.79 Å². The van der Waals surface area contributed by atoms with Crippen LogP contribution in [0.4, 0.5) is 4.79 Å². The molecule has 0 aliphatic carbocycles. The maximum absolute atomic E-state index is 12.9. The largest absolute Gasteiger partial charge is 0.488 e. The van der Waals surface area contributed by atoms with E-state index < -0.39 is 23.8 Å². The molecular formula is C27H36N2O6. The Labute approximate surface area is 206 Å². The van der Waals surface area contributed by atoms with Crippen LogP contribution in [0.2, 0.25) is 0 Å². The molecule has 1 aliphatic heterocycles. The number of aliphatic hydroxyl groups is 1. The third-order valence-corrected chi connectivity index (χ3v) is 5.80. The van der Waals surface area contributed by atoms with Crippen molar-refractivity contribution in [1.29, 1.82) is 0 Å². The lowest BCUT2D eigenvalue weighted by molar-refractivity contribution is -0.137. The van der Waals surface area contributed by atoms with Crippen LogP contribution in [0.25, 0.3) is 0 Å². The maximum atomic E-state index is 12.9. The molecule has 0 saturated heterocycles. The highest BCUT2D eigenvalue weighted by molar-refractivity contribution is 5.68. The normalized spacial score (nSPS) is 16.1. The number of aryl methyl sites for hydroxylation is 2. The van der Waals surface area contributed by atoms with Crippen LogP contribution in [-0.2, 0) is 22.4 Å². The smallest absolute Gasteiger partial charge is 0.410 e. The zero-order valence-electron chi connectivity index (χ0n) is 20.8. The Morgan fingerprint density at radius 1 is 1.26 bits per heavy atom. The number of carboxylic acids is 1. The highest BCUT2D eigenvalue weighted by atomic mass is 16.6. The number of nitrogens with zero attached hydrogens (tertiary/aromatic N) is 2. The molecular weight excluding hydrogens is 448 g/mol. The van der Waals surface area contributed by atoms with Gasteiger partial charge in [-0.3, -0.25) is 9.78 Å². The van der Waals surface area contributed by atoms with Crippen LogP contribution >= 0.6 is 0 Å². The highest BCUT2D eigenvalue weighted by Gasteiger charge is 2.29. The molecule has 2 N–H and O–H groups in total. The maximum Gasteiger partial charge on any atom is 0.410 e. The quantitative estimate of drug-likeness (QED) is 0.476. The van der Waals surface area contributed by atoms with Gasteiger partial charge < -0.3 is 24.6 Å². The molecule has 2 aromatic rings. The van der Waals surface area contributed by atoms with E-state index in [1.165, 1.54) is 10.5 Å². The van der Waals surface area contributed by atoms with Crippen LogP contribution < -0.4 is 4.74 Å². The number of benzene rings is 1. The summed E-state index contributed by atoms with van der Waals surface area (Å²) in [6, 6.07) is 9.62. The number of fused-ring (bicyclic) bond motifs is 1. The summed E-state index contributed by atoms with van der Waals surface area (Å²) in [6.07, 6.45) is 5.69. The average molecular weight is 485 g/mol. The number of rotatable bonds is 10. The van der Waals surface area contributed by atoms with Gasteiger partial charge in [-0.15, -0.1) is 0 Å². The van der Waals surface area contributed by atoms with Gasteiger partial charge >= 0.3 is 12.1 Å². The standard InChI is InChI=1S/C27H36N2O6/c1-27(2,3)35-26(33)29(18-23(30)21-8-6-14-28-16-21)17-22-12-11-20-15-19(10-13-24(20)34-22)7-4-5-9-25(31)32/h6,8,10,13-16,22-23,30H,4-5,7,9,11-12,17-18H2,1-3H3,(H,31,32)/t22-,23?/m1/s1. The summed E-state index contributed by atoms with van der Waals surface area (Å²) >= 11 is 0. The van der Waals surface area contributed by atoms with E-state index in [-0.39, 0.29) is 19.1 Å². The minimum Gasteiger partial charge on any atom is -0.488 e. The van der Waals surface area contributed by atoms with Gasteiger partial charge in [0.25, 0.3) is 0 Å². The van der Waals surface area contributed by atoms with Gasteiger partial charge in [0.05, 0.1) is 19.2 Å². The van der Waals surface area contributed by atoms with Crippen molar-refractivity contribution in [2.75, 3.05) is 13.1 Å². The topological polar surface area (TPSA) is 109 Å². The molecule has 0 fully saturated rings. The second-order valence-corrected chi connectivity index (χ2v) is 10.0. The van der Waals surface area contributed by atoms with E-state index in [9.17, 15) is 14.7 Å². The van der Waals surface area contributed by atoms with Gasteiger partial charge in [0.2, 0.25) is 0 Å². The second-order valence-electron chi connectivity index (χ2n) is 10.0. The minimum absolute atomic E-state index is 0.0720. The summed E-state index contributed by atoms with van der Waals surface area (Å²) in [6.45, 7) is 5.80. The number of aromatic nitrogens is 1. The van der Waals surface area contributed by atoms with E-state index in [0.717, 1.165) is 37.0 Å². The van der Waals surface area contributed by atoms with E-state index in [1.54, 1.807) is 24.5 Å². The molecule has 190 valence electrons. The molecule has 0 saturated carbocycles. The summed E-state index contributed by atoms with van der Waals surface area (Å²) in [5, 5.41) is 19.5. The van der Waals surface area contributed by atoms with E-state index in [0.29, 0.717) is 18.5 Å². The Balaban J connectivity index is 1.63. The Morgan fingerprint density at radius 3 is 2.74 bits per heavy atom. The lowest BCUT2D eigenvalue weighted by Gasteiger charge is -2.33. The molecule has 0 bridgehead atoms. The van der Waals surface area contributed by atoms with Crippen molar-refractivity contribution in [2.24, 2.45) is 0 Å². The van der Waals surface area contributed by atoms with Crippen molar-refractivity contribution in [2.45, 2.75) is 77.1 Å². The molecule has 2 heterocycles. The zero-order chi connectivity index (χ0) is 25.4. The number of carbonyl (C=O) groups is 2. The van der Waals surface area contributed by atoms with Gasteiger partial charge in [0, 0.05) is 24.4 Å². The van der Waals surface area contributed by atoms with Gasteiger partial charge in [-0.2, -0.15) is 0 Å². The lowest BCUT2D eigenvalue weighted by Crippen LogP contribution is -2.45. The number of pyridine rings is 1. The molecule has 35 heavy (non-hydrogen) atoms. The van der Waals surface area contributed by atoms with Crippen LogP contribution in [0.1, 0.15) is 69.2 Å². The van der Waals surface area contributed by atoms with Crippen molar-refractivity contribution >= 4 is 12.1 Å². The van der Waals surface area contributed by atoms with Crippen LogP contribution in [0.15, 0.2) is 42.7 Å². The fraction of sp³-hybridized carbons (Fsp3) is 0.519. The third-order valence-electron chi connectivity index (χ3n) is 5.80. The summed E-state index contributed by atoms with van der Waals surface area (Å²) < 4.78 is 11.8. The number of amides is 1. The monoisotopic (exact) mass is 484 g/mol. The van der Waals surface area contributed by atoms with Crippen molar-refractivity contribution in [3.63, 3.8) is 0 Å². The van der Waals surface area contributed by atoms with Crippen molar-refractivity contribution < 1.29 is 29.3 Å². The first-order valence-electron chi connectivity index (χ1n) is 12.2. The first kappa shape index (κ1) is 26.5. The van der Waals surface area contributed by atoms with Gasteiger partial charge in [0.15, 0.2) is 0 Å². The molecule has 1 aliphatic rings. The molecule has 8 heteroatoms. The van der Waals surface area contributed by atoms with Crippen LogP contribution in [0.3, 0.4) is 0 Å². The molecule has 8 nitrogen and oxygen atoms in total. The van der Waals surface area contributed by atoms with Crippen molar-refractivity contribution in [3.05, 3.63) is 59.4 Å². The second kappa shape index (κ2) is 12.0. The van der Waals surface area contributed by atoms with E-state index in [4.69, 9.17) is 14.6 Å². The SMILES string of the molecule is CC(C)(C)OC(=O)N(CC(O)c1cccnc1)C[C@H]1CCc2cc(CCCCC(=O)O)ccc2O1. The predicted molar refractivity (Wildman–Crippen MR) is 131 cm³/mol. The summed E-state index contributed by atoms with van der Waals surface area (Å²) in [4.78, 5) is 29.2. The minimum atomic E-state index is -0.893. The Morgan fingerprint density at radius 2 is 2.06 bits per heavy atom. The highest BCUT2D eigenvalue weighted by Crippen LogP contribution is 2.30. The molecule has 3 rings (SSSR count). The fourth-order valence-electron chi connectivity index (χ4n) is 4.07.